The number of nitro benzene ring substituents is 1. The maximum Gasteiger partial charge on any atom is 0.293 e. The van der Waals surface area contributed by atoms with Crippen LogP contribution in [0.4, 0.5) is 11.4 Å². The van der Waals surface area contributed by atoms with Gasteiger partial charge < -0.3 is 14.8 Å². The molecule has 0 heterocycles. The van der Waals surface area contributed by atoms with Gasteiger partial charge in [-0.3, -0.25) is 14.9 Å². The van der Waals surface area contributed by atoms with E-state index in [1.165, 1.54) is 18.2 Å². The van der Waals surface area contributed by atoms with Crippen LogP contribution in [0.1, 0.15) is 25.0 Å². The molecule has 142 valence electrons. The second-order valence-electron chi connectivity index (χ2n) is 5.67. The Bertz CT molecular complexity index is 861. The standard InChI is InChI=1S/C20H22N2O5/c1-4-26-18-10-7-15(13-19(18)27-5-2)8-11-20(23)21-16-9-6-14(3)12-17(16)22(24)25/h6-13H,4-5H2,1-3H3,(H,21,23)/b11-8+. The monoisotopic (exact) mass is 370 g/mol. The van der Waals surface area contributed by atoms with Gasteiger partial charge in [0.05, 0.1) is 18.1 Å². The largest absolute Gasteiger partial charge is 0.490 e. The third kappa shape index (κ3) is 5.57. The highest BCUT2D eigenvalue weighted by molar-refractivity contribution is 6.03. The smallest absolute Gasteiger partial charge is 0.293 e. The predicted octanol–water partition coefficient (Wildman–Crippen LogP) is 4.35. The van der Waals surface area contributed by atoms with E-state index in [1.807, 2.05) is 13.8 Å². The average molecular weight is 370 g/mol. The van der Waals surface area contributed by atoms with Crippen LogP contribution in [0.3, 0.4) is 0 Å². The zero-order valence-electron chi connectivity index (χ0n) is 15.5. The number of nitro groups is 1. The summed E-state index contributed by atoms with van der Waals surface area (Å²) in [4.78, 5) is 22.8. The van der Waals surface area contributed by atoms with Crippen molar-refractivity contribution in [3.05, 3.63) is 63.7 Å². The molecule has 0 unspecified atom stereocenters. The van der Waals surface area contributed by atoms with Crippen molar-refractivity contribution in [3.63, 3.8) is 0 Å². The molecule has 7 nitrogen and oxygen atoms in total. The van der Waals surface area contributed by atoms with Crippen molar-refractivity contribution < 1.29 is 19.2 Å². The van der Waals surface area contributed by atoms with Gasteiger partial charge in [0, 0.05) is 12.1 Å². The van der Waals surface area contributed by atoms with E-state index < -0.39 is 10.8 Å². The van der Waals surface area contributed by atoms with Crippen LogP contribution in [0, 0.1) is 17.0 Å². The van der Waals surface area contributed by atoms with Gasteiger partial charge in [-0.2, -0.15) is 0 Å². The lowest BCUT2D eigenvalue weighted by Gasteiger charge is -2.11. The minimum absolute atomic E-state index is 0.142. The molecule has 0 aliphatic heterocycles. The van der Waals surface area contributed by atoms with Crippen LogP contribution >= 0.6 is 0 Å². The van der Waals surface area contributed by atoms with Crippen molar-refractivity contribution in [1.29, 1.82) is 0 Å². The number of hydrogen-bond acceptors (Lipinski definition) is 5. The van der Waals surface area contributed by atoms with E-state index in [0.29, 0.717) is 24.7 Å². The number of carbonyl (C=O) groups is 1. The van der Waals surface area contributed by atoms with E-state index >= 15 is 0 Å². The second-order valence-corrected chi connectivity index (χ2v) is 5.67. The summed E-state index contributed by atoms with van der Waals surface area (Å²) in [7, 11) is 0. The van der Waals surface area contributed by atoms with Crippen LogP contribution in [0.25, 0.3) is 6.08 Å². The minimum atomic E-state index is -0.521. The van der Waals surface area contributed by atoms with Gasteiger partial charge in [0.2, 0.25) is 5.91 Å². The third-order valence-corrected chi connectivity index (χ3v) is 3.60. The van der Waals surface area contributed by atoms with Crippen molar-refractivity contribution >= 4 is 23.4 Å². The summed E-state index contributed by atoms with van der Waals surface area (Å²) in [6.07, 6.45) is 2.92. The Morgan fingerprint density at radius 2 is 1.81 bits per heavy atom. The number of rotatable bonds is 8. The minimum Gasteiger partial charge on any atom is -0.490 e. The summed E-state index contributed by atoms with van der Waals surface area (Å²) in [5.74, 6) is 0.765. The molecule has 0 aliphatic rings. The van der Waals surface area contributed by atoms with E-state index in [2.05, 4.69) is 5.32 Å². The quantitative estimate of drug-likeness (QED) is 0.424. The third-order valence-electron chi connectivity index (χ3n) is 3.60. The average Bonchev–Trinajstić information content (AvgIpc) is 2.63. The lowest BCUT2D eigenvalue weighted by Crippen LogP contribution is -2.09. The number of nitrogens with zero attached hydrogens (tertiary/aromatic N) is 1. The highest BCUT2D eigenvalue weighted by Gasteiger charge is 2.15. The summed E-state index contributed by atoms with van der Waals surface area (Å²) >= 11 is 0. The van der Waals surface area contributed by atoms with E-state index in [0.717, 1.165) is 11.1 Å². The molecule has 2 rings (SSSR count). The molecule has 0 aliphatic carbocycles. The first-order valence-electron chi connectivity index (χ1n) is 8.58. The fraction of sp³-hybridized carbons (Fsp3) is 0.250. The number of benzene rings is 2. The molecule has 1 amide bonds. The topological polar surface area (TPSA) is 90.7 Å². The van der Waals surface area contributed by atoms with Gasteiger partial charge in [0.25, 0.3) is 5.69 Å². The summed E-state index contributed by atoms with van der Waals surface area (Å²) in [5, 5.41) is 13.7. The zero-order chi connectivity index (χ0) is 19.8. The van der Waals surface area contributed by atoms with Crippen LogP contribution in [0.15, 0.2) is 42.5 Å². The van der Waals surface area contributed by atoms with Gasteiger partial charge >= 0.3 is 0 Å². The van der Waals surface area contributed by atoms with Crippen LogP contribution in [0.2, 0.25) is 0 Å². The molecular weight excluding hydrogens is 348 g/mol. The van der Waals surface area contributed by atoms with Crippen LogP contribution in [-0.4, -0.2) is 24.0 Å². The number of carbonyl (C=O) groups excluding carboxylic acids is 1. The molecule has 0 aromatic heterocycles. The molecule has 0 spiro atoms. The van der Waals surface area contributed by atoms with Crippen LogP contribution < -0.4 is 14.8 Å². The fourth-order valence-corrected chi connectivity index (χ4v) is 2.42. The molecular formula is C20H22N2O5. The maximum absolute atomic E-state index is 12.1. The van der Waals surface area contributed by atoms with Crippen molar-refractivity contribution in [2.45, 2.75) is 20.8 Å². The molecule has 2 aromatic carbocycles. The van der Waals surface area contributed by atoms with Gasteiger partial charge in [0.1, 0.15) is 5.69 Å². The first kappa shape index (κ1) is 20.0. The normalized spacial score (nSPS) is 10.6. The lowest BCUT2D eigenvalue weighted by molar-refractivity contribution is -0.384. The van der Waals surface area contributed by atoms with Crippen molar-refractivity contribution in [2.75, 3.05) is 18.5 Å². The molecule has 2 aromatic rings. The summed E-state index contributed by atoms with van der Waals surface area (Å²) in [5.41, 5.74) is 1.50. The summed E-state index contributed by atoms with van der Waals surface area (Å²) < 4.78 is 11.1. The summed E-state index contributed by atoms with van der Waals surface area (Å²) in [6.45, 7) is 6.52. The Labute approximate surface area is 157 Å². The Morgan fingerprint density at radius 1 is 1.11 bits per heavy atom. The van der Waals surface area contributed by atoms with Crippen molar-refractivity contribution in [3.8, 4) is 11.5 Å². The summed E-state index contributed by atoms with van der Waals surface area (Å²) in [6, 6.07) is 9.98. The highest BCUT2D eigenvalue weighted by atomic mass is 16.6. The Morgan fingerprint density at radius 3 is 2.48 bits per heavy atom. The van der Waals surface area contributed by atoms with Crippen LogP contribution in [-0.2, 0) is 4.79 Å². The number of aryl methyl sites for hydroxylation is 1. The Hall–Kier alpha value is -3.35. The van der Waals surface area contributed by atoms with Gasteiger partial charge in [-0.25, -0.2) is 0 Å². The van der Waals surface area contributed by atoms with Crippen molar-refractivity contribution in [1.82, 2.24) is 0 Å². The first-order chi connectivity index (χ1) is 12.9. The number of amides is 1. The zero-order valence-corrected chi connectivity index (χ0v) is 15.5. The van der Waals surface area contributed by atoms with E-state index in [9.17, 15) is 14.9 Å². The van der Waals surface area contributed by atoms with E-state index in [1.54, 1.807) is 37.3 Å². The number of hydrogen-bond donors (Lipinski definition) is 1. The molecule has 7 heteroatoms. The molecule has 0 fully saturated rings. The molecule has 0 saturated carbocycles. The van der Waals surface area contributed by atoms with E-state index in [4.69, 9.17) is 9.47 Å². The molecule has 0 saturated heterocycles. The fourth-order valence-electron chi connectivity index (χ4n) is 2.42. The number of anilines is 1. The molecule has 1 N–H and O–H groups in total. The Balaban J connectivity index is 2.15. The van der Waals surface area contributed by atoms with Crippen molar-refractivity contribution in [2.24, 2.45) is 0 Å². The van der Waals surface area contributed by atoms with Gasteiger partial charge in [-0.1, -0.05) is 12.1 Å². The van der Waals surface area contributed by atoms with Crippen LogP contribution in [0.5, 0.6) is 11.5 Å². The van der Waals surface area contributed by atoms with Gasteiger partial charge in [-0.15, -0.1) is 0 Å². The van der Waals surface area contributed by atoms with Gasteiger partial charge in [-0.05, 0) is 56.2 Å². The van der Waals surface area contributed by atoms with Gasteiger partial charge in [0.15, 0.2) is 11.5 Å². The number of nitrogens with one attached hydrogen (secondary N) is 1. The molecule has 0 atom stereocenters. The molecule has 0 bridgehead atoms. The predicted molar refractivity (Wildman–Crippen MR) is 104 cm³/mol. The lowest BCUT2D eigenvalue weighted by atomic mass is 10.1. The van der Waals surface area contributed by atoms with E-state index in [-0.39, 0.29) is 11.4 Å². The first-order valence-corrected chi connectivity index (χ1v) is 8.58. The number of ether oxygens (including phenoxy) is 2. The highest BCUT2D eigenvalue weighted by Crippen LogP contribution is 2.29. The maximum atomic E-state index is 12.1. The molecule has 0 radical (unpaired) electrons. The SMILES string of the molecule is CCOc1ccc(/C=C/C(=O)Nc2ccc(C)cc2[N+](=O)[O-])cc1OCC. The second kappa shape index (κ2) is 9.38. The Kier molecular flexibility index (Phi) is 6.93. The molecule has 27 heavy (non-hydrogen) atoms.